The smallest absolute Gasteiger partial charge is 0.352 e. The lowest BCUT2D eigenvalue weighted by Crippen LogP contribution is -2.41. The molecule has 1 aliphatic heterocycles. The third-order valence-electron chi connectivity index (χ3n) is 2.83. The van der Waals surface area contributed by atoms with E-state index in [4.69, 9.17) is 4.74 Å². The van der Waals surface area contributed by atoms with Crippen molar-refractivity contribution in [3.8, 4) is 0 Å². The molecule has 0 aliphatic carbocycles. The summed E-state index contributed by atoms with van der Waals surface area (Å²) in [5, 5.41) is 6.32. The molecule has 2 heterocycles. The topological polar surface area (TPSA) is 101 Å². The number of rotatable bonds is 4. The number of nitrogens with zero attached hydrogens (tertiary/aromatic N) is 3. The van der Waals surface area contributed by atoms with Crippen molar-refractivity contribution < 1.29 is 19.1 Å². The number of carbonyl (C=O) groups excluding carboxylic acids is 3. The van der Waals surface area contributed by atoms with Gasteiger partial charge < -0.3 is 10.1 Å². The van der Waals surface area contributed by atoms with E-state index in [2.05, 4.69) is 14.9 Å². The highest BCUT2D eigenvalue weighted by molar-refractivity contribution is 7.07. The molecule has 1 N–H and O–H groups in total. The van der Waals surface area contributed by atoms with Crippen molar-refractivity contribution in [1.29, 1.82) is 0 Å². The second-order valence-corrected chi connectivity index (χ2v) is 4.93. The first-order valence-electron chi connectivity index (χ1n) is 6.16. The molecule has 1 aromatic heterocycles. The van der Waals surface area contributed by atoms with Gasteiger partial charge in [-0.15, -0.1) is 5.10 Å². The fourth-order valence-corrected chi connectivity index (χ4v) is 2.40. The quantitative estimate of drug-likeness (QED) is 0.797. The van der Waals surface area contributed by atoms with Gasteiger partial charge in [-0.3, -0.25) is 9.69 Å². The molecule has 9 heteroatoms. The Hall–Kier alpha value is -2.03. The molecule has 0 radical (unpaired) electrons. The highest BCUT2D eigenvalue weighted by atomic mass is 32.1. The molecule has 0 bridgehead atoms. The number of ether oxygens (including phenoxy) is 1. The maximum Gasteiger partial charge on any atom is 0.352 e. The zero-order valence-corrected chi connectivity index (χ0v) is 11.9. The van der Waals surface area contributed by atoms with Crippen LogP contribution in [-0.2, 0) is 16.0 Å². The van der Waals surface area contributed by atoms with Gasteiger partial charge in [0.2, 0.25) is 0 Å². The van der Waals surface area contributed by atoms with Crippen LogP contribution in [0.4, 0.5) is 4.79 Å². The minimum Gasteiger partial charge on any atom is -0.448 e. The van der Waals surface area contributed by atoms with Gasteiger partial charge in [0.1, 0.15) is 0 Å². The molecule has 2 rings (SSSR count). The molecule has 0 saturated carbocycles. The van der Waals surface area contributed by atoms with Crippen molar-refractivity contribution in [1.82, 2.24) is 19.8 Å². The third kappa shape index (κ3) is 2.77. The monoisotopic (exact) mass is 298 g/mol. The Morgan fingerprint density at radius 3 is 2.90 bits per heavy atom. The summed E-state index contributed by atoms with van der Waals surface area (Å²) >= 11 is 0.929. The van der Waals surface area contributed by atoms with Crippen molar-refractivity contribution in [2.45, 2.75) is 26.4 Å². The van der Waals surface area contributed by atoms with Gasteiger partial charge in [0, 0.05) is 13.1 Å². The zero-order chi connectivity index (χ0) is 14.7. The molecule has 1 fully saturated rings. The van der Waals surface area contributed by atoms with Gasteiger partial charge in [0.25, 0.3) is 5.91 Å². The molecule has 8 nitrogen and oxygen atoms in total. The number of amides is 3. The number of imide groups is 1. The Balaban J connectivity index is 2.00. The minimum absolute atomic E-state index is 0.280. The van der Waals surface area contributed by atoms with Crippen LogP contribution >= 0.6 is 11.5 Å². The van der Waals surface area contributed by atoms with E-state index in [1.165, 1.54) is 6.92 Å². The number of hydrogen-bond acceptors (Lipinski definition) is 7. The average Bonchev–Trinajstić information content (AvgIpc) is 3.05. The Morgan fingerprint density at radius 1 is 1.55 bits per heavy atom. The second-order valence-electron chi connectivity index (χ2n) is 4.17. The van der Waals surface area contributed by atoms with Crippen LogP contribution < -0.4 is 5.32 Å². The maximum atomic E-state index is 12.0. The first kappa shape index (κ1) is 14.4. The number of aryl methyl sites for hydroxylation is 1. The molecular formula is C11H14N4O4S. The Kier molecular flexibility index (Phi) is 4.28. The van der Waals surface area contributed by atoms with E-state index >= 15 is 0 Å². The van der Waals surface area contributed by atoms with Crippen LogP contribution in [0.3, 0.4) is 0 Å². The lowest BCUT2D eigenvalue weighted by atomic mass is 10.3. The van der Waals surface area contributed by atoms with E-state index in [0.29, 0.717) is 18.7 Å². The highest BCUT2D eigenvalue weighted by Crippen LogP contribution is 2.14. The van der Waals surface area contributed by atoms with Gasteiger partial charge in [-0.2, -0.15) is 0 Å². The summed E-state index contributed by atoms with van der Waals surface area (Å²) in [5.74, 6) is -1.18. The third-order valence-corrected chi connectivity index (χ3v) is 3.58. The van der Waals surface area contributed by atoms with Crippen molar-refractivity contribution >= 4 is 29.4 Å². The predicted octanol–water partition coefficient (Wildman–Crippen LogP) is 0.198. The first-order chi connectivity index (χ1) is 9.54. The number of hydrogen-bond donors (Lipinski definition) is 1. The van der Waals surface area contributed by atoms with E-state index < -0.39 is 24.0 Å². The maximum absolute atomic E-state index is 12.0. The van der Waals surface area contributed by atoms with E-state index in [-0.39, 0.29) is 11.4 Å². The second kappa shape index (κ2) is 5.95. The standard InChI is InChI=1S/C11H14N4O4S/c1-3-7-8(20-14-13-7)10(17)19-6(2)9(16)15-5-4-12-11(15)18/h6H,3-5H2,1-2H3,(H,12,18)/t6-/m0/s1. The number of nitrogens with one attached hydrogen (secondary N) is 1. The van der Waals surface area contributed by atoms with Crippen molar-refractivity contribution in [3.05, 3.63) is 10.6 Å². The fourth-order valence-electron chi connectivity index (χ4n) is 1.76. The van der Waals surface area contributed by atoms with E-state index in [1.807, 2.05) is 6.92 Å². The zero-order valence-electron chi connectivity index (χ0n) is 11.1. The highest BCUT2D eigenvalue weighted by Gasteiger charge is 2.32. The summed E-state index contributed by atoms with van der Waals surface area (Å²) in [6, 6.07) is -0.466. The molecule has 0 spiro atoms. The van der Waals surface area contributed by atoms with Gasteiger partial charge in [0.05, 0.1) is 5.69 Å². The van der Waals surface area contributed by atoms with Gasteiger partial charge >= 0.3 is 12.0 Å². The van der Waals surface area contributed by atoms with Crippen molar-refractivity contribution in [3.63, 3.8) is 0 Å². The lowest BCUT2D eigenvalue weighted by Gasteiger charge is -2.17. The summed E-state index contributed by atoms with van der Waals surface area (Å²) in [5.41, 5.74) is 0.540. The van der Waals surface area contributed by atoms with Crippen LogP contribution in [-0.4, -0.2) is 51.6 Å². The van der Waals surface area contributed by atoms with E-state index in [1.54, 1.807) is 0 Å². The van der Waals surface area contributed by atoms with E-state index in [0.717, 1.165) is 16.4 Å². The minimum atomic E-state index is -1.03. The molecular weight excluding hydrogens is 284 g/mol. The normalized spacial score (nSPS) is 15.9. The largest absolute Gasteiger partial charge is 0.448 e. The molecule has 0 aromatic carbocycles. The molecule has 1 aliphatic rings. The van der Waals surface area contributed by atoms with Crippen LogP contribution in [0.2, 0.25) is 0 Å². The van der Waals surface area contributed by atoms with Crippen LogP contribution in [0.1, 0.15) is 29.2 Å². The fraction of sp³-hybridized carbons (Fsp3) is 0.545. The summed E-state index contributed by atoms with van der Waals surface area (Å²) in [4.78, 5) is 36.6. The number of esters is 1. The molecule has 20 heavy (non-hydrogen) atoms. The first-order valence-corrected chi connectivity index (χ1v) is 6.93. The van der Waals surface area contributed by atoms with Crippen molar-refractivity contribution in [2.75, 3.05) is 13.1 Å². The summed E-state index contributed by atoms with van der Waals surface area (Å²) in [7, 11) is 0. The SMILES string of the molecule is CCc1nnsc1C(=O)O[C@@H](C)C(=O)N1CCNC1=O. The number of aromatic nitrogens is 2. The molecule has 108 valence electrons. The van der Waals surface area contributed by atoms with Crippen LogP contribution in [0, 0.1) is 0 Å². The molecule has 3 amide bonds. The van der Waals surface area contributed by atoms with Gasteiger partial charge in [-0.05, 0) is 24.9 Å². The van der Waals surface area contributed by atoms with Gasteiger partial charge in [-0.25, -0.2) is 9.59 Å². The van der Waals surface area contributed by atoms with E-state index in [9.17, 15) is 14.4 Å². The van der Waals surface area contributed by atoms with Crippen molar-refractivity contribution in [2.24, 2.45) is 0 Å². The molecule has 0 unspecified atom stereocenters. The summed E-state index contributed by atoms with van der Waals surface area (Å²) in [6.45, 7) is 3.97. The van der Waals surface area contributed by atoms with Crippen LogP contribution in [0.25, 0.3) is 0 Å². The van der Waals surface area contributed by atoms with Gasteiger partial charge in [-0.1, -0.05) is 11.4 Å². The summed E-state index contributed by atoms with van der Waals surface area (Å²) < 4.78 is 8.77. The number of urea groups is 1. The average molecular weight is 298 g/mol. The Morgan fingerprint density at radius 2 is 2.30 bits per heavy atom. The Labute approximate surface area is 119 Å². The molecule has 1 saturated heterocycles. The predicted molar refractivity (Wildman–Crippen MR) is 69.3 cm³/mol. The Bertz CT molecular complexity index is 544. The number of carbonyl (C=O) groups is 3. The lowest BCUT2D eigenvalue weighted by molar-refractivity contribution is -0.136. The van der Waals surface area contributed by atoms with Gasteiger partial charge in [0.15, 0.2) is 11.0 Å². The van der Waals surface area contributed by atoms with Crippen LogP contribution in [0.5, 0.6) is 0 Å². The molecule has 1 aromatic rings. The summed E-state index contributed by atoms with van der Waals surface area (Å²) in [6.07, 6.45) is -0.476. The van der Waals surface area contributed by atoms with Crippen LogP contribution in [0.15, 0.2) is 0 Å². The molecule has 1 atom stereocenters.